The van der Waals surface area contributed by atoms with E-state index in [-0.39, 0.29) is 6.04 Å². The van der Waals surface area contributed by atoms with E-state index in [9.17, 15) is 0 Å². The molecular weight excluding hydrogens is 242 g/mol. The minimum absolute atomic E-state index is 0.142. The fourth-order valence-corrected chi connectivity index (χ4v) is 2.43. The van der Waals surface area contributed by atoms with E-state index in [2.05, 4.69) is 29.0 Å². The molecule has 0 aliphatic carbocycles. The number of aryl methyl sites for hydroxylation is 1. The summed E-state index contributed by atoms with van der Waals surface area (Å²) in [5, 5.41) is 0.776. The molecule has 0 spiro atoms. The summed E-state index contributed by atoms with van der Waals surface area (Å²) in [4.78, 5) is 9.92. The van der Waals surface area contributed by atoms with Crippen molar-refractivity contribution in [2.45, 2.75) is 36.4 Å². The number of nitrogens with zero attached hydrogens (tertiary/aromatic N) is 2. The predicted molar refractivity (Wildman–Crippen MR) is 74.7 cm³/mol. The smallest absolute Gasteiger partial charge is 0.192 e. The molecule has 0 saturated carbocycles. The molecule has 18 heavy (non-hydrogen) atoms. The first-order chi connectivity index (χ1) is 8.65. The number of benzene rings is 1. The van der Waals surface area contributed by atoms with Gasteiger partial charge in [0.2, 0.25) is 0 Å². The van der Waals surface area contributed by atoms with Crippen molar-refractivity contribution in [3.63, 3.8) is 0 Å². The standard InChI is InChI=1S/C14H17N3S/c1-10-5-3-4-6-13(10)18-14-16-8-12(9-17-14)7-11(2)15/h3-6,8-9,11H,7,15H2,1-2H3. The van der Waals surface area contributed by atoms with Crippen molar-refractivity contribution in [2.24, 2.45) is 5.73 Å². The van der Waals surface area contributed by atoms with E-state index in [1.807, 2.05) is 31.5 Å². The minimum atomic E-state index is 0.142. The van der Waals surface area contributed by atoms with Crippen LogP contribution < -0.4 is 5.73 Å². The molecule has 2 rings (SSSR count). The summed E-state index contributed by atoms with van der Waals surface area (Å²) in [6, 6.07) is 8.38. The molecule has 0 saturated heterocycles. The Morgan fingerprint density at radius 3 is 2.50 bits per heavy atom. The SMILES string of the molecule is Cc1ccccc1Sc1ncc(CC(C)N)cn1. The molecule has 1 atom stereocenters. The van der Waals surface area contributed by atoms with Gasteiger partial charge in [-0.2, -0.15) is 0 Å². The number of aromatic nitrogens is 2. The van der Waals surface area contributed by atoms with Crippen molar-refractivity contribution in [3.05, 3.63) is 47.8 Å². The van der Waals surface area contributed by atoms with Gasteiger partial charge in [0, 0.05) is 23.3 Å². The lowest BCUT2D eigenvalue weighted by atomic mass is 10.1. The average Bonchev–Trinajstić information content (AvgIpc) is 2.34. The lowest BCUT2D eigenvalue weighted by Gasteiger charge is -2.06. The minimum Gasteiger partial charge on any atom is -0.328 e. The first kappa shape index (κ1) is 13.1. The fourth-order valence-electron chi connectivity index (χ4n) is 1.64. The summed E-state index contributed by atoms with van der Waals surface area (Å²) >= 11 is 1.59. The van der Waals surface area contributed by atoms with E-state index in [0.717, 1.165) is 17.1 Å². The largest absolute Gasteiger partial charge is 0.328 e. The number of hydrogen-bond acceptors (Lipinski definition) is 4. The monoisotopic (exact) mass is 259 g/mol. The maximum absolute atomic E-state index is 5.75. The Labute approximate surface area is 112 Å². The molecule has 1 aromatic carbocycles. The maximum Gasteiger partial charge on any atom is 0.192 e. The summed E-state index contributed by atoms with van der Waals surface area (Å²) < 4.78 is 0. The first-order valence-corrected chi connectivity index (χ1v) is 6.77. The van der Waals surface area contributed by atoms with E-state index in [1.165, 1.54) is 10.5 Å². The second-order valence-corrected chi connectivity index (χ2v) is 5.43. The highest BCUT2D eigenvalue weighted by Crippen LogP contribution is 2.26. The molecule has 1 aromatic heterocycles. The van der Waals surface area contributed by atoms with E-state index < -0.39 is 0 Å². The normalized spacial score (nSPS) is 12.4. The zero-order valence-corrected chi connectivity index (χ0v) is 11.4. The number of hydrogen-bond donors (Lipinski definition) is 1. The molecule has 94 valence electrons. The van der Waals surface area contributed by atoms with Crippen LogP contribution in [0.4, 0.5) is 0 Å². The summed E-state index contributed by atoms with van der Waals surface area (Å²) in [5.41, 5.74) is 8.07. The Balaban J connectivity index is 2.09. The van der Waals surface area contributed by atoms with Gasteiger partial charge in [0.15, 0.2) is 5.16 Å². The molecule has 0 radical (unpaired) electrons. The van der Waals surface area contributed by atoms with Crippen LogP contribution in [-0.4, -0.2) is 16.0 Å². The van der Waals surface area contributed by atoms with E-state index >= 15 is 0 Å². The van der Waals surface area contributed by atoms with Crippen molar-refractivity contribution < 1.29 is 0 Å². The van der Waals surface area contributed by atoms with Crippen molar-refractivity contribution in [3.8, 4) is 0 Å². The topological polar surface area (TPSA) is 51.8 Å². The van der Waals surface area contributed by atoms with Crippen molar-refractivity contribution in [1.29, 1.82) is 0 Å². The van der Waals surface area contributed by atoms with E-state index in [1.54, 1.807) is 11.8 Å². The summed E-state index contributed by atoms with van der Waals surface area (Å²) in [6.45, 7) is 4.07. The summed E-state index contributed by atoms with van der Waals surface area (Å²) in [5.74, 6) is 0. The third-order valence-electron chi connectivity index (χ3n) is 2.53. The summed E-state index contributed by atoms with van der Waals surface area (Å²) in [7, 11) is 0. The van der Waals surface area contributed by atoms with Crippen molar-refractivity contribution in [1.82, 2.24) is 9.97 Å². The van der Waals surface area contributed by atoms with Gasteiger partial charge in [-0.3, -0.25) is 0 Å². The highest BCUT2D eigenvalue weighted by atomic mass is 32.2. The number of nitrogens with two attached hydrogens (primary N) is 1. The van der Waals surface area contributed by atoms with Crippen LogP contribution in [0.25, 0.3) is 0 Å². The van der Waals surface area contributed by atoms with Crippen LogP contribution in [0, 0.1) is 6.92 Å². The Kier molecular flexibility index (Phi) is 4.33. The molecule has 4 heteroatoms. The lowest BCUT2D eigenvalue weighted by Crippen LogP contribution is -2.17. The highest BCUT2D eigenvalue weighted by Gasteiger charge is 2.04. The van der Waals surface area contributed by atoms with Gasteiger partial charge in [-0.05, 0) is 49.2 Å². The first-order valence-electron chi connectivity index (χ1n) is 5.95. The molecular formula is C14H17N3S. The van der Waals surface area contributed by atoms with Crippen molar-refractivity contribution >= 4 is 11.8 Å². The molecule has 0 aliphatic heterocycles. The van der Waals surface area contributed by atoms with Crippen LogP contribution in [-0.2, 0) is 6.42 Å². The van der Waals surface area contributed by atoms with E-state index in [4.69, 9.17) is 5.73 Å². The predicted octanol–water partition coefficient (Wildman–Crippen LogP) is 2.83. The molecule has 0 bridgehead atoms. The maximum atomic E-state index is 5.75. The zero-order chi connectivity index (χ0) is 13.0. The Morgan fingerprint density at radius 2 is 1.89 bits per heavy atom. The van der Waals surface area contributed by atoms with Gasteiger partial charge in [0.25, 0.3) is 0 Å². The lowest BCUT2D eigenvalue weighted by molar-refractivity contribution is 0.727. The van der Waals surface area contributed by atoms with Crippen LogP contribution in [0.1, 0.15) is 18.1 Å². The van der Waals surface area contributed by atoms with Gasteiger partial charge in [-0.1, -0.05) is 18.2 Å². The molecule has 1 unspecified atom stereocenters. The Hall–Kier alpha value is -1.39. The molecule has 3 nitrogen and oxygen atoms in total. The molecule has 2 N–H and O–H groups in total. The molecule has 0 amide bonds. The van der Waals surface area contributed by atoms with Crippen LogP contribution >= 0.6 is 11.8 Å². The second-order valence-electron chi connectivity index (χ2n) is 4.42. The molecule has 1 heterocycles. The highest BCUT2D eigenvalue weighted by molar-refractivity contribution is 7.99. The molecule has 2 aromatic rings. The molecule has 0 aliphatic rings. The average molecular weight is 259 g/mol. The third kappa shape index (κ3) is 3.55. The van der Waals surface area contributed by atoms with Gasteiger partial charge in [-0.25, -0.2) is 9.97 Å². The molecule has 0 fully saturated rings. The third-order valence-corrected chi connectivity index (χ3v) is 3.61. The summed E-state index contributed by atoms with van der Waals surface area (Å²) in [6.07, 6.45) is 4.53. The van der Waals surface area contributed by atoms with E-state index in [0.29, 0.717) is 0 Å². The van der Waals surface area contributed by atoms with Gasteiger partial charge < -0.3 is 5.73 Å². The quantitative estimate of drug-likeness (QED) is 0.858. The van der Waals surface area contributed by atoms with Gasteiger partial charge >= 0.3 is 0 Å². The Morgan fingerprint density at radius 1 is 1.22 bits per heavy atom. The van der Waals surface area contributed by atoms with Gasteiger partial charge in [-0.15, -0.1) is 0 Å². The van der Waals surface area contributed by atoms with Gasteiger partial charge in [0.1, 0.15) is 0 Å². The number of rotatable bonds is 4. The van der Waals surface area contributed by atoms with Crippen LogP contribution in [0.2, 0.25) is 0 Å². The van der Waals surface area contributed by atoms with Gasteiger partial charge in [0.05, 0.1) is 0 Å². The zero-order valence-electron chi connectivity index (χ0n) is 10.6. The van der Waals surface area contributed by atoms with Crippen LogP contribution in [0.5, 0.6) is 0 Å². The van der Waals surface area contributed by atoms with Crippen LogP contribution in [0.3, 0.4) is 0 Å². The second kappa shape index (κ2) is 5.98. The van der Waals surface area contributed by atoms with Crippen LogP contribution in [0.15, 0.2) is 46.7 Å². The van der Waals surface area contributed by atoms with Crippen molar-refractivity contribution in [2.75, 3.05) is 0 Å². The fraction of sp³-hybridized carbons (Fsp3) is 0.286. The Bertz CT molecular complexity index is 509.